The molecule has 0 heterocycles. The van der Waals surface area contributed by atoms with Crippen LogP contribution in [0.3, 0.4) is 0 Å². The average Bonchev–Trinajstić information content (AvgIpc) is 3.06. The van der Waals surface area contributed by atoms with Crippen molar-refractivity contribution < 1.29 is 64.8 Å². The molecule has 0 aromatic heterocycles. The molecular formula is C22H42Cl2Si4Th. The van der Waals surface area contributed by atoms with Crippen molar-refractivity contribution in [3.63, 3.8) is 0 Å². The van der Waals surface area contributed by atoms with Gasteiger partial charge >= 0.3 is 39.9 Å². The molecule has 164 valence electrons. The van der Waals surface area contributed by atoms with Crippen LogP contribution in [0.15, 0.2) is 36.4 Å². The maximum atomic E-state index is 2.46. The molecule has 0 atom stereocenters. The average molecular weight is 722 g/mol. The molecule has 0 N–H and O–H groups in total. The van der Waals surface area contributed by atoms with Crippen molar-refractivity contribution in [2.75, 3.05) is 0 Å². The van der Waals surface area contributed by atoms with Crippen LogP contribution in [0.1, 0.15) is 0 Å². The van der Waals surface area contributed by atoms with Crippen molar-refractivity contribution in [3.8, 4) is 0 Å². The Bertz CT molecular complexity index is 589. The Morgan fingerprint density at radius 3 is 0.862 bits per heavy atom. The van der Waals surface area contributed by atoms with E-state index in [-0.39, 0.29) is 64.8 Å². The molecule has 2 aromatic carbocycles. The molecule has 0 amide bonds. The summed E-state index contributed by atoms with van der Waals surface area (Å²) in [4.78, 5) is 0. The quantitative estimate of drug-likeness (QED) is 0.281. The van der Waals surface area contributed by atoms with E-state index in [2.05, 4.69) is 115 Å². The van der Waals surface area contributed by atoms with Gasteiger partial charge in [0.2, 0.25) is 0 Å². The molecule has 0 saturated heterocycles. The first-order valence-electron chi connectivity index (χ1n) is 9.98. The third kappa shape index (κ3) is 11.8. The van der Waals surface area contributed by atoms with Crippen molar-refractivity contribution in [2.24, 2.45) is 0 Å². The minimum Gasteiger partial charge on any atom is -1.00 e. The Balaban J connectivity index is -0.000000422. The van der Waals surface area contributed by atoms with Crippen molar-refractivity contribution in [1.82, 2.24) is 0 Å². The summed E-state index contributed by atoms with van der Waals surface area (Å²) >= 11 is 0. The van der Waals surface area contributed by atoms with Gasteiger partial charge in [-0.1, -0.05) is 78.6 Å². The third-order valence-electron chi connectivity index (χ3n) is 4.97. The number of hydrogen-bond donors (Lipinski definition) is 0. The second kappa shape index (κ2) is 12.6. The van der Waals surface area contributed by atoms with Gasteiger partial charge < -0.3 is 24.8 Å². The van der Waals surface area contributed by atoms with Crippen LogP contribution in [0.25, 0.3) is 0 Å². The minimum absolute atomic E-state index is 0. The van der Waals surface area contributed by atoms with E-state index < -0.39 is 32.3 Å². The zero-order valence-corrected chi connectivity index (χ0v) is 30.3. The Morgan fingerprint density at radius 2 is 0.759 bits per heavy atom. The van der Waals surface area contributed by atoms with Gasteiger partial charge in [-0.05, 0) is 0 Å². The summed E-state index contributed by atoms with van der Waals surface area (Å²) in [5, 5.41) is 6.46. The van der Waals surface area contributed by atoms with Gasteiger partial charge in [0.25, 0.3) is 0 Å². The van der Waals surface area contributed by atoms with Gasteiger partial charge in [0.15, 0.2) is 0 Å². The van der Waals surface area contributed by atoms with Crippen LogP contribution in [0, 0.1) is 39.9 Å². The fourth-order valence-electron chi connectivity index (χ4n) is 2.75. The molecule has 7 heteroatoms. The van der Waals surface area contributed by atoms with Crippen LogP contribution in [-0.2, 0) is 0 Å². The first-order valence-corrected chi connectivity index (χ1v) is 24.0. The Kier molecular flexibility index (Phi) is 15.3. The molecule has 0 saturated carbocycles. The Labute approximate surface area is 230 Å². The van der Waals surface area contributed by atoms with Crippen LogP contribution in [0.2, 0.25) is 78.6 Å². The molecule has 0 fully saturated rings. The molecular weight excluding hydrogens is 680 g/mol. The SMILES string of the molecule is C[Si](C)(C)c1cc[c-]([Si](C)(C)C)c1.C[Si](C)(C)c1cc[c-]([Si](C)(C)C)c1.[Cl-].[Cl-].[Th+4]. The fourth-order valence-corrected chi connectivity index (χ4v) is 7.73. The molecule has 0 nitrogen and oxygen atoms in total. The van der Waals surface area contributed by atoms with Crippen LogP contribution in [-0.4, -0.2) is 32.3 Å². The largest absolute Gasteiger partial charge is 4.00 e. The van der Waals surface area contributed by atoms with E-state index in [1.807, 2.05) is 0 Å². The van der Waals surface area contributed by atoms with Crippen LogP contribution < -0.4 is 45.6 Å². The monoisotopic (exact) mass is 720 g/mol. The van der Waals surface area contributed by atoms with Crippen LogP contribution in [0.5, 0.6) is 0 Å². The van der Waals surface area contributed by atoms with Crippen molar-refractivity contribution in [3.05, 3.63) is 36.4 Å². The van der Waals surface area contributed by atoms with Gasteiger partial charge in [0.05, 0.1) is 0 Å². The predicted octanol–water partition coefficient (Wildman–Crippen LogP) is -1.00. The predicted molar refractivity (Wildman–Crippen MR) is 136 cm³/mol. The van der Waals surface area contributed by atoms with Gasteiger partial charge in [0.1, 0.15) is 0 Å². The zero-order valence-electron chi connectivity index (χ0n) is 20.7. The topological polar surface area (TPSA) is 0 Å². The molecule has 2 rings (SSSR count). The summed E-state index contributed by atoms with van der Waals surface area (Å²) in [7, 11) is -4.28. The standard InChI is InChI=1S/2C11H21Si2.2ClH.Th/c2*1-12(2,3)10-7-8-11(9-10)13(4,5)6;;;/h2*7-9H,1-6H3;2*1H;/q2*-1;;;+4/p-2. The number of halogens is 2. The van der Waals surface area contributed by atoms with E-state index in [1.165, 1.54) is 0 Å². The van der Waals surface area contributed by atoms with Crippen molar-refractivity contribution in [2.45, 2.75) is 78.6 Å². The van der Waals surface area contributed by atoms with Gasteiger partial charge in [-0.15, -0.1) is 0 Å². The maximum absolute atomic E-state index is 2.46. The number of rotatable bonds is 4. The first kappa shape index (κ1) is 35.1. The summed E-state index contributed by atoms with van der Waals surface area (Å²) in [6, 6.07) is 14.3. The fraction of sp³-hybridized carbons (Fsp3) is 0.545. The Hall–Kier alpha value is 1.47. The molecule has 0 aliphatic heterocycles. The van der Waals surface area contributed by atoms with Gasteiger partial charge in [-0.25, -0.2) is 22.5 Å². The van der Waals surface area contributed by atoms with Crippen molar-refractivity contribution in [1.29, 1.82) is 0 Å². The number of hydrogen-bond acceptors (Lipinski definition) is 0. The molecule has 29 heavy (non-hydrogen) atoms. The second-order valence-electron chi connectivity index (χ2n) is 11.8. The van der Waals surface area contributed by atoms with E-state index in [0.717, 1.165) is 0 Å². The molecule has 0 spiro atoms. The summed E-state index contributed by atoms with van der Waals surface area (Å²) in [5.74, 6) is 0. The van der Waals surface area contributed by atoms with Crippen molar-refractivity contribution >= 4 is 53.0 Å². The van der Waals surface area contributed by atoms with E-state index in [4.69, 9.17) is 0 Å². The van der Waals surface area contributed by atoms with Gasteiger partial charge in [-0.3, -0.25) is 0 Å². The Morgan fingerprint density at radius 1 is 0.517 bits per heavy atom. The van der Waals surface area contributed by atoms with Crippen LogP contribution in [0.4, 0.5) is 0 Å². The molecule has 0 radical (unpaired) electrons. The smallest absolute Gasteiger partial charge is 1.00 e. The minimum atomic E-state index is -1.07. The summed E-state index contributed by atoms with van der Waals surface area (Å²) < 4.78 is 0. The summed E-state index contributed by atoms with van der Waals surface area (Å²) in [5.41, 5.74) is 0. The molecule has 0 bridgehead atoms. The van der Waals surface area contributed by atoms with E-state index in [0.29, 0.717) is 0 Å². The molecule has 0 aliphatic rings. The van der Waals surface area contributed by atoms with Crippen LogP contribution >= 0.6 is 0 Å². The molecule has 0 aliphatic carbocycles. The summed E-state index contributed by atoms with van der Waals surface area (Å²) in [6.45, 7) is 29.0. The van der Waals surface area contributed by atoms with Gasteiger partial charge in [-0.2, -0.15) is 34.6 Å². The molecule has 0 unspecified atom stereocenters. The van der Waals surface area contributed by atoms with E-state index >= 15 is 0 Å². The van der Waals surface area contributed by atoms with E-state index in [1.54, 1.807) is 20.7 Å². The third-order valence-corrected chi connectivity index (χ3v) is 13.1. The first-order chi connectivity index (χ1) is 11.4. The maximum Gasteiger partial charge on any atom is 4.00 e. The normalized spacial score (nSPS) is 12.0. The van der Waals surface area contributed by atoms with E-state index in [9.17, 15) is 0 Å². The molecule has 2 aromatic rings. The zero-order chi connectivity index (χ0) is 20.6. The van der Waals surface area contributed by atoms with Gasteiger partial charge in [0, 0.05) is 32.3 Å². The summed E-state index contributed by atoms with van der Waals surface area (Å²) in [6.07, 6.45) is 0. The second-order valence-corrected chi connectivity index (χ2v) is 32.1.